The van der Waals surface area contributed by atoms with Crippen molar-refractivity contribution in [2.24, 2.45) is 10.9 Å². The number of nitrogens with zero attached hydrogens (tertiary/aromatic N) is 3. The first-order valence-electron chi connectivity index (χ1n) is 9.52. The first-order valence-corrected chi connectivity index (χ1v) is 9.52. The monoisotopic (exact) mass is 486 g/mol. The van der Waals surface area contributed by atoms with Gasteiger partial charge in [-0.2, -0.15) is 0 Å². The summed E-state index contributed by atoms with van der Waals surface area (Å²) >= 11 is 0. The molecule has 1 amide bonds. The largest absolute Gasteiger partial charge is 0.378 e. The van der Waals surface area contributed by atoms with Gasteiger partial charge in [0.05, 0.1) is 19.2 Å². The maximum absolute atomic E-state index is 12.0. The number of piperidine rings is 1. The van der Waals surface area contributed by atoms with Crippen molar-refractivity contribution in [3.63, 3.8) is 0 Å². The summed E-state index contributed by atoms with van der Waals surface area (Å²) in [7, 11) is 3.55. The van der Waals surface area contributed by atoms with E-state index in [9.17, 15) is 4.79 Å². The first kappa shape index (κ1) is 21.9. The Balaban J connectivity index is 0.00000261. The fraction of sp³-hybridized carbons (Fsp3) is 0.600. The molecule has 27 heavy (non-hydrogen) atoms. The van der Waals surface area contributed by atoms with Gasteiger partial charge in [0.15, 0.2) is 5.96 Å². The average molecular weight is 486 g/mol. The molecule has 2 heterocycles. The number of ether oxygens (including phenoxy) is 1. The molecule has 2 aliphatic heterocycles. The van der Waals surface area contributed by atoms with Crippen LogP contribution >= 0.6 is 24.0 Å². The van der Waals surface area contributed by atoms with E-state index in [0.29, 0.717) is 18.6 Å². The molecule has 0 spiro atoms. The maximum atomic E-state index is 12.0. The molecule has 2 aliphatic rings. The van der Waals surface area contributed by atoms with Gasteiger partial charge >= 0.3 is 0 Å². The van der Waals surface area contributed by atoms with Gasteiger partial charge in [-0.1, -0.05) is 30.3 Å². The molecule has 1 aromatic carbocycles. The lowest BCUT2D eigenvalue weighted by Crippen LogP contribution is -2.53. The smallest absolute Gasteiger partial charge is 0.241 e. The number of amides is 1. The highest BCUT2D eigenvalue weighted by Gasteiger charge is 2.33. The highest BCUT2D eigenvalue weighted by Crippen LogP contribution is 2.28. The van der Waals surface area contributed by atoms with Crippen molar-refractivity contribution in [3.8, 4) is 0 Å². The Labute approximate surface area is 179 Å². The van der Waals surface area contributed by atoms with E-state index in [1.807, 2.05) is 18.2 Å². The number of likely N-dealkylation sites (tertiary alicyclic amines) is 1. The van der Waals surface area contributed by atoms with Crippen LogP contribution in [0.5, 0.6) is 0 Å². The Morgan fingerprint density at radius 3 is 2.81 bits per heavy atom. The number of carbonyl (C=O) groups is 1. The Morgan fingerprint density at radius 2 is 2.07 bits per heavy atom. The Kier molecular flexibility index (Phi) is 8.82. The first-order chi connectivity index (χ1) is 12.6. The molecule has 1 N–H and O–H groups in total. The lowest BCUT2D eigenvalue weighted by molar-refractivity contribution is -0.127. The zero-order chi connectivity index (χ0) is 18.4. The van der Waals surface area contributed by atoms with Crippen molar-refractivity contribution in [2.45, 2.75) is 31.9 Å². The number of fused-ring (bicyclic) bond motifs is 1. The minimum Gasteiger partial charge on any atom is -0.378 e. The van der Waals surface area contributed by atoms with Crippen molar-refractivity contribution in [1.82, 2.24) is 15.1 Å². The molecule has 0 radical (unpaired) electrons. The molecule has 2 atom stereocenters. The molecule has 3 rings (SSSR count). The normalized spacial score (nSPS) is 22.4. The van der Waals surface area contributed by atoms with Crippen LogP contribution in [-0.4, -0.2) is 68.1 Å². The Bertz CT molecular complexity index is 624. The fourth-order valence-corrected chi connectivity index (χ4v) is 3.61. The van der Waals surface area contributed by atoms with E-state index in [1.54, 1.807) is 19.0 Å². The summed E-state index contributed by atoms with van der Waals surface area (Å²) in [4.78, 5) is 20.7. The quantitative estimate of drug-likeness (QED) is 0.404. The lowest BCUT2D eigenvalue weighted by atomic mass is 9.88. The lowest BCUT2D eigenvalue weighted by Gasteiger charge is -2.42. The number of halogens is 1. The third kappa shape index (κ3) is 6.34. The SMILES string of the molecule is CN(C)C(=O)CNC(=NCc1ccccc1)N1CCC2OCCCC2C1.I. The zero-order valence-electron chi connectivity index (χ0n) is 16.3. The van der Waals surface area contributed by atoms with Gasteiger partial charge in [0.2, 0.25) is 5.91 Å². The summed E-state index contributed by atoms with van der Waals surface area (Å²) < 4.78 is 5.92. The highest BCUT2D eigenvalue weighted by molar-refractivity contribution is 14.0. The third-order valence-electron chi connectivity index (χ3n) is 5.17. The van der Waals surface area contributed by atoms with Crippen LogP contribution in [0.15, 0.2) is 35.3 Å². The molecule has 150 valence electrons. The molecule has 0 aromatic heterocycles. The van der Waals surface area contributed by atoms with Crippen LogP contribution in [0.1, 0.15) is 24.8 Å². The van der Waals surface area contributed by atoms with Crippen LogP contribution in [0, 0.1) is 5.92 Å². The van der Waals surface area contributed by atoms with E-state index in [-0.39, 0.29) is 36.4 Å². The number of hydrogen-bond donors (Lipinski definition) is 1. The summed E-state index contributed by atoms with van der Waals surface area (Å²) in [5, 5.41) is 3.28. The second kappa shape index (κ2) is 10.8. The van der Waals surface area contributed by atoms with Crippen LogP contribution in [-0.2, 0) is 16.1 Å². The summed E-state index contributed by atoms with van der Waals surface area (Å²) in [6, 6.07) is 10.2. The van der Waals surface area contributed by atoms with Crippen molar-refractivity contribution in [3.05, 3.63) is 35.9 Å². The van der Waals surface area contributed by atoms with Gasteiger partial charge in [0, 0.05) is 39.7 Å². The minimum absolute atomic E-state index is 0. The van der Waals surface area contributed by atoms with Crippen molar-refractivity contribution in [2.75, 3.05) is 40.3 Å². The Hall–Kier alpha value is -1.35. The van der Waals surface area contributed by atoms with E-state index in [2.05, 4.69) is 22.3 Å². The van der Waals surface area contributed by atoms with Crippen LogP contribution in [0.2, 0.25) is 0 Å². The summed E-state index contributed by atoms with van der Waals surface area (Å²) in [6.07, 6.45) is 3.76. The van der Waals surface area contributed by atoms with Crippen molar-refractivity contribution in [1.29, 1.82) is 0 Å². The predicted molar refractivity (Wildman–Crippen MR) is 118 cm³/mol. The number of aliphatic imine (C=N–C) groups is 1. The standard InChI is InChI=1S/C20H30N4O2.HI/c1-23(2)19(25)14-22-20(21-13-16-7-4-3-5-8-16)24-11-10-18-17(15-24)9-6-12-26-18;/h3-5,7-8,17-18H,6,9-15H2,1-2H3,(H,21,22);1H. The summed E-state index contributed by atoms with van der Waals surface area (Å²) in [5.41, 5.74) is 1.17. The topological polar surface area (TPSA) is 57.2 Å². The molecular formula is C20H31IN4O2. The molecule has 0 aliphatic carbocycles. The number of rotatable bonds is 4. The van der Waals surface area contributed by atoms with Gasteiger partial charge in [-0.15, -0.1) is 24.0 Å². The van der Waals surface area contributed by atoms with Gasteiger partial charge in [0.1, 0.15) is 0 Å². The Morgan fingerprint density at radius 1 is 1.30 bits per heavy atom. The van der Waals surface area contributed by atoms with Gasteiger partial charge in [-0.25, -0.2) is 4.99 Å². The summed E-state index contributed by atoms with van der Waals surface area (Å²) in [6.45, 7) is 3.63. The number of likely N-dealkylation sites (N-methyl/N-ethyl adjacent to an activating group) is 1. The highest BCUT2D eigenvalue weighted by atomic mass is 127. The molecule has 0 bridgehead atoms. The zero-order valence-corrected chi connectivity index (χ0v) is 18.6. The third-order valence-corrected chi connectivity index (χ3v) is 5.17. The van der Waals surface area contributed by atoms with Crippen LogP contribution in [0.3, 0.4) is 0 Å². The molecule has 2 unspecified atom stereocenters. The molecule has 2 saturated heterocycles. The predicted octanol–water partition coefficient (Wildman–Crippen LogP) is 2.34. The van der Waals surface area contributed by atoms with Gasteiger partial charge in [-0.05, 0) is 24.8 Å². The average Bonchev–Trinajstić information content (AvgIpc) is 2.68. The summed E-state index contributed by atoms with van der Waals surface area (Å²) in [5.74, 6) is 1.44. The second-order valence-electron chi connectivity index (χ2n) is 7.31. The van der Waals surface area contributed by atoms with E-state index in [4.69, 9.17) is 9.73 Å². The van der Waals surface area contributed by atoms with E-state index >= 15 is 0 Å². The molecule has 6 nitrogen and oxygen atoms in total. The molecule has 2 fully saturated rings. The fourth-order valence-electron chi connectivity index (χ4n) is 3.61. The number of carbonyl (C=O) groups excluding carboxylic acids is 1. The molecule has 7 heteroatoms. The molecule has 1 aromatic rings. The van der Waals surface area contributed by atoms with Gasteiger partial charge < -0.3 is 19.9 Å². The number of hydrogen-bond acceptors (Lipinski definition) is 3. The maximum Gasteiger partial charge on any atom is 0.241 e. The second-order valence-corrected chi connectivity index (χ2v) is 7.31. The van der Waals surface area contributed by atoms with Crippen molar-refractivity contribution >= 4 is 35.8 Å². The number of nitrogens with one attached hydrogen (secondary N) is 1. The van der Waals surface area contributed by atoms with Crippen molar-refractivity contribution < 1.29 is 9.53 Å². The number of guanidine groups is 1. The van der Waals surface area contributed by atoms with Gasteiger partial charge in [-0.3, -0.25) is 4.79 Å². The van der Waals surface area contributed by atoms with Crippen LogP contribution < -0.4 is 5.32 Å². The molecule has 0 saturated carbocycles. The van der Waals surface area contributed by atoms with E-state index in [1.165, 1.54) is 12.0 Å². The van der Waals surface area contributed by atoms with Crippen LogP contribution in [0.4, 0.5) is 0 Å². The number of benzene rings is 1. The van der Waals surface area contributed by atoms with Crippen LogP contribution in [0.25, 0.3) is 0 Å². The minimum atomic E-state index is 0. The van der Waals surface area contributed by atoms with E-state index < -0.39 is 0 Å². The van der Waals surface area contributed by atoms with Gasteiger partial charge in [0.25, 0.3) is 0 Å². The van der Waals surface area contributed by atoms with E-state index in [0.717, 1.165) is 38.5 Å². The molecular weight excluding hydrogens is 455 g/mol.